The zero-order chi connectivity index (χ0) is 20.9. The molecule has 0 N–H and O–H groups in total. The van der Waals surface area contributed by atoms with Crippen LogP contribution in [-0.4, -0.2) is 69.3 Å². The Morgan fingerprint density at radius 1 is 0.933 bits per heavy atom. The van der Waals surface area contributed by atoms with E-state index in [4.69, 9.17) is 9.47 Å². The summed E-state index contributed by atoms with van der Waals surface area (Å²) in [4.78, 5) is 7.29. The van der Waals surface area contributed by atoms with Gasteiger partial charge in [0.05, 0.1) is 19.9 Å². The Kier molecular flexibility index (Phi) is 6.75. The smallest absolute Gasteiger partial charge is 0.165 e. The van der Waals surface area contributed by atoms with Gasteiger partial charge in [-0.05, 0) is 37.6 Å². The van der Waals surface area contributed by atoms with Crippen LogP contribution in [0, 0.1) is 5.82 Å². The standard InChI is InChI=1S/C24H32FN3O2/c1-29-23-11-5-7-19(24(23)30-2)17-26-12-6-8-20(18-26)27-13-15-28(16-14-27)22-10-4-3-9-21(22)25/h3-5,7,9-11,20H,6,8,12-18H2,1-2H3/t20-/m0/s1. The molecule has 4 rings (SSSR count). The van der Waals surface area contributed by atoms with Crippen LogP contribution < -0.4 is 14.4 Å². The average molecular weight is 414 g/mol. The molecule has 2 heterocycles. The summed E-state index contributed by atoms with van der Waals surface area (Å²) in [7, 11) is 3.38. The third-order valence-electron chi connectivity index (χ3n) is 6.38. The predicted molar refractivity (Wildman–Crippen MR) is 118 cm³/mol. The number of piperazine rings is 1. The Balaban J connectivity index is 1.36. The first kappa shape index (κ1) is 20.9. The number of para-hydroxylation sites is 2. The molecular formula is C24H32FN3O2. The van der Waals surface area contributed by atoms with Crippen LogP contribution in [0.5, 0.6) is 11.5 Å². The molecule has 0 aromatic heterocycles. The van der Waals surface area contributed by atoms with E-state index in [0.717, 1.165) is 63.0 Å². The van der Waals surface area contributed by atoms with Crippen LogP contribution in [0.2, 0.25) is 0 Å². The lowest BCUT2D eigenvalue weighted by Crippen LogP contribution is -2.55. The summed E-state index contributed by atoms with van der Waals surface area (Å²) < 4.78 is 25.2. The topological polar surface area (TPSA) is 28.2 Å². The van der Waals surface area contributed by atoms with Gasteiger partial charge < -0.3 is 14.4 Å². The molecule has 0 saturated carbocycles. The fraction of sp³-hybridized carbons (Fsp3) is 0.500. The lowest BCUT2D eigenvalue weighted by atomic mass is 10.0. The molecule has 0 aliphatic carbocycles. The van der Waals surface area contributed by atoms with Crippen molar-refractivity contribution in [2.75, 3.05) is 58.4 Å². The van der Waals surface area contributed by atoms with E-state index in [1.807, 2.05) is 24.3 Å². The van der Waals surface area contributed by atoms with E-state index in [1.165, 1.54) is 18.4 Å². The molecule has 1 atom stereocenters. The molecule has 6 heteroatoms. The molecule has 0 unspecified atom stereocenters. The molecule has 2 aromatic rings. The number of nitrogens with zero attached hydrogens (tertiary/aromatic N) is 3. The molecule has 162 valence electrons. The molecule has 5 nitrogen and oxygen atoms in total. The molecule has 30 heavy (non-hydrogen) atoms. The van der Waals surface area contributed by atoms with E-state index >= 15 is 0 Å². The van der Waals surface area contributed by atoms with Crippen LogP contribution in [0.3, 0.4) is 0 Å². The number of piperidine rings is 1. The second-order valence-electron chi connectivity index (χ2n) is 8.16. The van der Waals surface area contributed by atoms with Crippen LogP contribution in [-0.2, 0) is 6.54 Å². The first-order valence-corrected chi connectivity index (χ1v) is 10.9. The summed E-state index contributed by atoms with van der Waals surface area (Å²) in [6.07, 6.45) is 2.43. The molecule has 0 spiro atoms. The number of likely N-dealkylation sites (tertiary alicyclic amines) is 1. The van der Waals surface area contributed by atoms with E-state index in [-0.39, 0.29) is 5.82 Å². The number of methoxy groups -OCH3 is 2. The third-order valence-corrected chi connectivity index (χ3v) is 6.38. The molecule has 2 aliphatic rings. The Labute approximate surface area is 179 Å². The van der Waals surface area contributed by atoms with Crippen LogP contribution >= 0.6 is 0 Å². The van der Waals surface area contributed by atoms with Gasteiger partial charge in [-0.3, -0.25) is 9.80 Å². The van der Waals surface area contributed by atoms with Crippen LogP contribution in [0.4, 0.5) is 10.1 Å². The Morgan fingerprint density at radius 3 is 2.47 bits per heavy atom. The first-order valence-electron chi connectivity index (χ1n) is 10.9. The molecule has 2 aliphatic heterocycles. The van der Waals surface area contributed by atoms with Gasteiger partial charge in [-0.25, -0.2) is 4.39 Å². The maximum Gasteiger partial charge on any atom is 0.165 e. The maximum atomic E-state index is 14.1. The van der Waals surface area contributed by atoms with Crippen molar-refractivity contribution < 1.29 is 13.9 Å². The number of benzene rings is 2. The van der Waals surface area contributed by atoms with Crippen LogP contribution in [0.15, 0.2) is 42.5 Å². The quantitative estimate of drug-likeness (QED) is 0.721. The Hall–Kier alpha value is -2.31. The number of hydrogen-bond donors (Lipinski definition) is 0. The summed E-state index contributed by atoms with van der Waals surface area (Å²) in [5.41, 5.74) is 1.90. The van der Waals surface area contributed by atoms with Gasteiger partial charge in [0.2, 0.25) is 0 Å². The van der Waals surface area contributed by atoms with Crippen LogP contribution in [0.25, 0.3) is 0 Å². The van der Waals surface area contributed by atoms with Crippen LogP contribution in [0.1, 0.15) is 18.4 Å². The van der Waals surface area contributed by atoms with Crippen molar-refractivity contribution in [1.82, 2.24) is 9.80 Å². The number of hydrogen-bond acceptors (Lipinski definition) is 5. The van der Waals surface area contributed by atoms with E-state index in [2.05, 4.69) is 20.8 Å². The van der Waals surface area contributed by atoms with E-state index in [0.29, 0.717) is 6.04 Å². The molecular weight excluding hydrogens is 381 g/mol. The Bertz CT molecular complexity index is 839. The monoisotopic (exact) mass is 413 g/mol. The second kappa shape index (κ2) is 9.67. The number of rotatable bonds is 6. The molecule has 0 bridgehead atoms. The number of anilines is 1. The molecule has 0 amide bonds. The fourth-order valence-corrected chi connectivity index (χ4v) is 4.83. The predicted octanol–water partition coefficient (Wildman–Crippen LogP) is 3.63. The summed E-state index contributed by atoms with van der Waals surface area (Å²) in [6.45, 7) is 6.74. The van der Waals surface area contributed by atoms with Gasteiger partial charge >= 0.3 is 0 Å². The molecule has 2 fully saturated rings. The molecule has 0 radical (unpaired) electrons. The van der Waals surface area contributed by atoms with Crippen molar-refractivity contribution in [2.24, 2.45) is 0 Å². The normalized spacial score (nSPS) is 20.9. The van der Waals surface area contributed by atoms with Gasteiger partial charge in [0.25, 0.3) is 0 Å². The maximum absolute atomic E-state index is 14.1. The van der Waals surface area contributed by atoms with Gasteiger partial charge in [0, 0.05) is 50.9 Å². The summed E-state index contributed by atoms with van der Waals surface area (Å²) in [5.74, 6) is 1.50. The van der Waals surface area contributed by atoms with Crippen molar-refractivity contribution in [2.45, 2.75) is 25.4 Å². The minimum absolute atomic E-state index is 0.123. The average Bonchev–Trinajstić information content (AvgIpc) is 2.79. The van der Waals surface area contributed by atoms with E-state index in [9.17, 15) is 4.39 Å². The largest absolute Gasteiger partial charge is 0.493 e. The summed E-state index contributed by atoms with van der Waals surface area (Å²) in [6, 6.07) is 13.7. The van der Waals surface area contributed by atoms with Gasteiger partial charge in [-0.1, -0.05) is 24.3 Å². The number of ether oxygens (including phenoxy) is 2. The highest BCUT2D eigenvalue weighted by atomic mass is 19.1. The Morgan fingerprint density at radius 2 is 1.73 bits per heavy atom. The van der Waals surface area contributed by atoms with E-state index in [1.54, 1.807) is 26.4 Å². The zero-order valence-electron chi connectivity index (χ0n) is 18.0. The van der Waals surface area contributed by atoms with Gasteiger partial charge in [-0.2, -0.15) is 0 Å². The summed E-state index contributed by atoms with van der Waals surface area (Å²) in [5, 5.41) is 0. The third kappa shape index (κ3) is 4.55. The number of halogens is 1. The molecule has 2 aromatic carbocycles. The van der Waals surface area contributed by atoms with Crippen molar-refractivity contribution in [3.05, 3.63) is 53.8 Å². The van der Waals surface area contributed by atoms with Gasteiger partial charge in [0.15, 0.2) is 11.5 Å². The SMILES string of the molecule is COc1cccc(CN2CCC[C@H](N3CCN(c4ccccc4F)CC3)C2)c1OC. The lowest BCUT2D eigenvalue weighted by molar-refractivity contribution is 0.0881. The zero-order valence-corrected chi connectivity index (χ0v) is 18.0. The highest BCUT2D eigenvalue weighted by molar-refractivity contribution is 5.48. The minimum Gasteiger partial charge on any atom is -0.493 e. The highest BCUT2D eigenvalue weighted by Crippen LogP contribution is 2.32. The molecule has 2 saturated heterocycles. The minimum atomic E-state index is -0.123. The van der Waals surface area contributed by atoms with Crippen molar-refractivity contribution in [1.29, 1.82) is 0 Å². The summed E-state index contributed by atoms with van der Waals surface area (Å²) >= 11 is 0. The fourth-order valence-electron chi connectivity index (χ4n) is 4.83. The van der Waals surface area contributed by atoms with Crippen molar-refractivity contribution >= 4 is 5.69 Å². The first-order chi connectivity index (χ1) is 14.7. The van der Waals surface area contributed by atoms with Crippen molar-refractivity contribution in [3.8, 4) is 11.5 Å². The van der Waals surface area contributed by atoms with E-state index < -0.39 is 0 Å². The highest BCUT2D eigenvalue weighted by Gasteiger charge is 2.29. The van der Waals surface area contributed by atoms with Gasteiger partial charge in [0.1, 0.15) is 5.82 Å². The van der Waals surface area contributed by atoms with Gasteiger partial charge in [-0.15, -0.1) is 0 Å². The lowest BCUT2D eigenvalue weighted by Gasteiger charge is -2.44. The van der Waals surface area contributed by atoms with Crippen molar-refractivity contribution in [3.63, 3.8) is 0 Å². The second-order valence-corrected chi connectivity index (χ2v) is 8.16.